The average molecular weight is 231 g/mol. The number of hydrogen-bond acceptors (Lipinski definition) is 4. The van der Waals surface area contributed by atoms with Gasteiger partial charge in [0.1, 0.15) is 11.8 Å². The Morgan fingerprint density at radius 2 is 2.35 bits per heavy atom. The molecule has 0 spiro atoms. The predicted octanol–water partition coefficient (Wildman–Crippen LogP) is 1.48. The Hall–Kier alpha value is -1.31. The number of fused-ring (bicyclic) bond motifs is 1. The van der Waals surface area contributed by atoms with E-state index in [2.05, 4.69) is 10.2 Å². The Balaban J connectivity index is 1.56. The molecular formula is C13H17N3O. The second-order valence-electron chi connectivity index (χ2n) is 4.90. The van der Waals surface area contributed by atoms with Crippen molar-refractivity contribution in [2.24, 2.45) is 0 Å². The molecule has 0 aromatic carbocycles. The van der Waals surface area contributed by atoms with Gasteiger partial charge < -0.3 is 9.73 Å². The zero-order valence-electron chi connectivity index (χ0n) is 9.85. The second-order valence-corrected chi connectivity index (χ2v) is 4.90. The van der Waals surface area contributed by atoms with E-state index in [1.807, 2.05) is 12.1 Å². The van der Waals surface area contributed by atoms with Gasteiger partial charge in [0.15, 0.2) is 0 Å². The second kappa shape index (κ2) is 4.52. The third-order valence-electron chi connectivity index (χ3n) is 3.92. The Kier molecular flexibility index (Phi) is 2.87. The molecule has 2 aliphatic rings. The SMILES string of the molecule is N#Cc1ccc(CNC2CCN3CCCC23)o1. The first-order valence-corrected chi connectivity index (χ1v) is 6.33. The smallest absolute Gasteiger partial charge is 0.203 e. The van der Waals surface area contributed by atoms with Crippen LogP contribution in [0.2, 0.25) is 0 Å². The molecule has 4 nitrogen and oxygen atoms in total. The maximum absolute atomic E-state index is 8.68. The number of nitrogens with zero attached hydrogens (tertiary/aromatic N) is 2. The lowest BCUT2D eigenvalue weighted by atomic mass is 10.1. The molecule has 2 saturated heterocycles. The molecule has 0 amide bonds. The molecule has 17 heavy (non-hydrogen) atoms. The van der Waals surface area contributed by atoms with Crippen molar-refractivity contribution in [1.82, 2.24) is 10.2 Å². The van der Waals surface area contributed by atoms with Crippen LogP contribution < -0.4 is 5.32 Å². The Labute approximate surface area is 101 Å². The van der Waals surface area contributed by atoms with Crippen LogP contribution in [-0.2, 0) is 6.54 Å². The highest BCUT2D eigenvalue weighted by molar-refractivity contribution is 5.19. The van der Waals surface area contributed by atoms with Gasteiger partial charge in [0.2, 0.25) is 5.76 Å². The van der Waals surface area contributed by atoms with Crippen LogP contribution >= 0.6 is 0 Å². The third-order valence-corrected chi connectivity index (χ3v) is 3.92. The molecule has 2 unspecified atom stereocenters. The van der Waals surface area contributed by atoms with Crippen LogP contribution in [-0.4, -0.2) is 30.1 Å². The van der Waals surface area contributed by atoms with Crippen molar-refractivity contribution in [3.8, 4) is 6.07 Å². The molecular weight excluding hydrogens is 214 g/mol. The van der Waals surface area contributed by atoms with Gasteiger partial charge in [-0.25, -0.2) is 0 Å². The predicted molar refractivity (Wildman–Crippen MR) is 63.3 cm³/mol. The van der Waals surface area contributed by atoms with Crippen molar-refractivity contribution in [3.63, 3.8) is 0 Å². The zero-order valence-corrected chi connectivity index (χ0v) is 9.85. The van der Waals surface area contributed by atoms with E-state index in [0.29, 0.717) is 11.8 Å². The minimum Gasteiger partial charge on any atom is -0.449 e. The van der Waals surface area contributed by atoms with Gasteiger partial charge in [-0.3, -0.25) is 4.90 Å². The highest BCUT2D eigenvalue weighted by Gasteiger charge is 2.36. The lowest BCUT2D eigenvalue weighted by Gasteiger charge is -2.20. The molecule has 0 bridgehead atoms. The van der Waals surface area contributed by atoms with Gasteiger partial charge in [-0.15, -0.1) is 0 Å². The summed E-state index contributed by atoms with van der Waals surface area (Å²) in [5.41, 5.74) is 0. The van der Waals surface area contributed by atoms with Crippen molar-refractivity contribution >= 4 is 0 Å². The highest BCUT2D eigenvalue weighted by atomic mass is 16.3. The molecule has 0 radical (unpaired) electrons. The molecule has 2 atom stereocenters. The van der Waals surface area contributed by atoms with Gasteiger partial charge in [-0.05, 0) is 37.9 Å². The van der Waals surface area contributed by atoms with E-state index in [9.17, 15) is 0 Å². The molecule has 4 heteroatoms. The topological polar surface area (TPSA) is 52.2 Å². The minimum atomic E-state index is 0.399. The first kappa shape index (κ1) is 10.8. The Morgan fingerprint density at radius 3 is 3.18 bits per heavy atom. The van der Waals surface area contributed by atoms with E-state index < -0.39 is 0 Å². The first-order valence-electron chi connectivity index (χ1n) is 6.33. The maximum Gasteiger partial charge on any atom is 0.203 e. The number of furan rings is 1. The highest BCUT2D eigenvalue weighted by Crippen LogP contribution is 2.28. The molecule has 1 aromatic heterocycles. The fourth-order valence-electron chi connectivity index (χ4n) is 3.09. The third kappa shape index (κ3) is 2.08. The number of hydrogen-bond donors (Lipinski definition) is 1. The maximum atomic E-state index is 8.68. The van der Waals surface area contributed by atoms with Crippen molar-refractivity contribution < 1.29 is 4.42 Å². The summed E-state index contributed by atoms with van der Waals surface area (Å²) in [7, 11) is 0. The van der Waals surface area contributed by atoms with Crippen LogP contribution in [0.3, 0.4) is 0 Å². The van der Waals surface area contributed by atoms with Crippen molar-refractivity contribution in [2.45, 2.75) is 37.9 Å². The molecule has 0 aliphatic carbocycles. The average Bonchev–Trinajstić information content (AvgIpc) is 3.03. The van der Waals surface area contributed by atoms with Crippen LogP contribution in [0.5, 0.6) is 0 Å². The standard InChI is InChI=1S/C13H17N3O/c14-8-10-3-4-11(17-10)9-15-12-5-7-16-6-1-2-13(12)16/h3-4,12-13,15H,1-2,5-7,9H2. The summed E-state index contributed by atoms with van der Waals surface area (Å²) < 4.78 is 5.37. The lowest BCUT2D eigenvalue weighted by Crippen LogP contribution is -2.38. The quantitative estimate of drug-likeness (QED) is 0.856. The lowest BCUT2D eigenvalue weighted by molar-refractivity contribution is 0.295. The Bertz CT molecular complexity index is 434. The Morgan fingerprint density at radius 1 is 1.41 bits per heavy atom. The van der Waals surface area contributed by atoms with Crippen LogP contribution in [0.25, 0.3) is 0 Å². The molecule has 3 rings (SSSR count). The van der Waals surface area contributed by atoms with Gasteiger partial charge in [-0.1, -0.05) is 0 Å². The van der Waals surface area contributed by atoms with E-state index in [4.69, 9.17) is 9.68 Å². The van der Waals surface area contributed by atoms with Crippen LogP contribution in [0.1, 0.15) is 30.8 Å². The summed E-state index contributed by atoms with van der Waals surface area (Å²) in [6.45, 7) is 3.22. The number of nitrogens with one attached hydrogen (secondary N) is 1. The summed E-state index contributed by atoms with van der Waals surface area (Å²) in [4.78, 5) is 2.58. The molecule has 2 aliphatic heterocycles. The summed E-state index contributed by atoms with van der Waals surface area (Å²) in [6.07, 6.45) is 3.89. The summed E-state index contributed by atoms with van der Waals surface area (Å²) in [6, 6.07) is 6.93. The van der Waals surface area contributed by atoms with E-state index >= 15 is 0 Å². The molecule has 3 heterocycles. The van der Waals surface area contributed by atoms with E-state index in [-0.39, 0.29) is 0 Å². The zero-order chi connectivity index (χ0) is 11.7. The van der Waals surface area contributed by atoms with Crippen LogP contribution in [0.4, 0.5) is 0 Å². The molecule has 1 N–H and O–H groups in total. The fraction of sp³-hybridized carbons (Fsp3) is 0.615. The molecule has 0 saturated carbocycles. The largest absolute Gasteiger partial charge is 0.449 e. The number of nitriles is 1. The van der Waals surface area contributed by atoms with Gasteiger partial charge in [0.25, 0.3) is 0 Å². The molecule has 90 valence electrons. The number of rotatable bonds is 3. The molecule has 1 aromatic rings. The van der Waals surface area contributed by atoms with Crippen LogP contribution in [0.15, 0.2) is 16.5 Å². The van der Waals surface area contributed by atoms with E-state index in [1.54, 1.807) is 6.07 Å². The first-order chi connectivity index (χ1) is 8.36. The van der Waals surface area contributed by atoms with Gasteiger partial charge in [0, 0.05) is 18.6 Å². The van der Waals surface area contributed by atoms with Crippen molar-refractivity contribution in [1.29, 1.82) is 5.26 Å². The fourth-order valence-corrected chi connectivity index (χ4v) is 3.09. The van der Waals surface area contributed by atoms with Gasteiger partial charge >= 0.3 is 0 Å². The van der Waals surface area contributed by atoms with Crippen molar-refractivity contribution in [3.05, 3.63) is 23.7 Å². The normalized spacial score (nSPS) is 28.2. The summed E-state index contributed by atoms with van der Waals surface area (Å²) in [5.74, 6) is 1.26. The van der Waals surface area contributed by atoms with Crippen molar-refractivity contribution in [2.75, 3.05) is 13.1 Å². The van der Waals surface area contributed by atoms with E-state index in [0.717, 1.165) is 18.3 Å². The van der Waals surface area contributed by atoms with E-state index in [1.165, 1.54) is 32.4 Å². The van der Waals surface area contributed by atoms with Gasteiger partial charge in [-0.2, -0.15) is 5.26 Å². The molecule has 2 fully saturated rings. The summed E-state index contributed by atoms with van der Waals surface area (Å²) in [5, 5.41) is 12.2. The van der Waals surface area contributed by atoms with Gasteiger partial charge in [0.05, 0.1) is 6.54 Å². The van der Waals surface area contributed by atoms with Crippen LogP contribution in [0, 0.1) is 11.3 Å². The monoisotopic (exact) mass is 231 g/mol. The minimum absolute atomic E-state index is 0.399. The summed E-state index contributed by atoms with van der Waals surface area (Å²) >= 11 is 0.